The third-order valence-corrected chi connectivity index (χ3v) is 2.75. The first-order valence-corrected chi connectivity index (χ1v) is 7.44. The van der Waals surface area contributed by atoms with Crippen LogP contribution < -0.4 is 15.4 Å². The lowest BCUT2D eigenvalue weighted by molar-refractivity contribution is -0.127. The number of aryl methyl sites for hydroxylation is 2. The summed E-state index contributed by atoms with van der Waals surface area (Å²) in [5, 5.41) is 5.37. The maximum Gasteiger partial charge on any atom is 0.239 e. The maximum absolute atomic E-state index is 11.7. The minimum Gasteiger partial charge on any atom is -0.493 e. The third-order valence-electron chi connectivity index (χ3n) is 2.75. The molecule has 0 fully saturated rings. The number of hydrogen-bond acceptors (Lipinski definition) is 3. The molecule has 1 aromatic carbocycles. The van der Waals surface area contributed by atoms with E-state index in [1.54, 1.807) is 0 Å². The van der Waals surface area contributed by atoms with Crippen molar-refractivity contribution in [3.05, 3.63) is 29.3 Å². The van der Waals surface area contributed by atoms with Crippen LogP contribution in [0.5, 0.6) is 5.75 Å². The van der Waals surface area contributed by atoms with Crippen LogP contribution in [0.3, 0.4) is 0 Å². The molecule has 0 unspecified atom stereocenters. The molecule has 0 aliphatic heterocycles. The normalized spacial score (nSPS) is 11.0. The number of carbonyl (C=O) groups is 2. The Morgan fingerprint density at radius 1 is 1.05 bits per heavy atom. The van der Waals surface area contributed by atoms with Gasteiger partial charge in [0.05, 0.1) is 19.6 Å². The SMILES string of the molecule is Cc1cc(C)cc(OCCC(=O)NCC(=O)NC(C)(C)C)c1. The number of ether oxygens (including phenoxy) is 1. The maximum atomic E-state index is 11.7. The van der Waals surface area contributed by atoms with Crippen LogP contribution in [-0.4, -0.2) is 30.5 Å². The summed E-state index contributed by atoms with van der Waals surface area (Å²) in [6.45, 7) is 9.95. The lowest BCUT2D eigenvalue weighted by atomic mass is 10.1. The Morgan fingerprint density at radius 3 is 2.18 bits per heavy atom. The second kappa shape index (κ2) is 7.82. The number of benzene rings is 1. The van der Waals surface area contributed by atoms with Crippen LogP contribution in [0.1, 0.15) is 38.3 Å². The fraction of sp³-hybridized carbons (Fsp3) is 0.529. The number of hydrogen-bond donors (Lipinski definition) is 2. The molecule has 2 amide bonds. The van der Waals surface area contributed by atoms with Crippen LogP contribution in [0.4, 0.5) is 0 Å². The van der Waals surface area contributed by atoms with Gasteiger partial charge in [-0.2, -0.15) is 0 Å². The molecule has 22 heavy (non-hydrogen) atoms. The standard InChI is InChI=1S/C17H26N2O3/c1-12-8-13(2)10-14(9-12)22-7-6-15(20)18-11-16(21)19-17(3,4)5/h8-10H,6-7,11H2,1-5H3,(H,18,20)(H,19,21). The molecule has 0 aromatic heterocycles. The Kier molecular flexibility index (Phi) is 6.40. The third kappa shape index (κ3) is 7.67. The molecule has 5 nitrogen and oxygen atoms in total. The minimum atomic E-state index is -0.298. The molecule has 0 aliphatic carbocycles. The molecule has 122 valence electrons. The van der Waals surface area contributed by atoms with E-state index in [9.17, 15) is 9.59 Å². The van der Waals surface area contributed by atoms with Crippen LogP contribution in [-0.2, 0) is 9.59 Å². The summed E-state index contributed by atoms with van der Waals surface area (Å²) in [4.78, 5) is 23.2. The summed E-state index contributed by atoms with van der Waals surface area (Å²) in [6.07, 6.45) is 0.218. The average molecular weight is 306 g/mol. The van der Waals surface area contributed by atoms with E-state index in [-0.39, 0.29) is 36.9 Å². The molecule has 0 aliphatic rings. The van der Waals surface area contributed by atoms with Gasteiger partial charge in [0.1, 0.15) is 5.75 Å². The summed E-state index contributed by atoms with van der Waals surface area (Å²) in [5.41, 5.74) is 1.95. The first kappa shape index (κ1) is 18.0. The van der Waals surface area contributed by atoms with E-state index in [1.165, 1.54) is 0 Å². The van der Waals surface area contributed by atoms with Crippen molar-refractivity contribution >= 4 is 11.8 Å². The van der Waals surface area contributed by atoms with Gasteiger partial charge in [-0.05, 0) is 57.9 Å². The number of rotatable bonds is 6. The van der Waals surface area contributed by atoms with Gasteiger partial charge in [0.25, 0.3) is 0 Å². The fourth-order valence-corrected chi connectivity index (χ4v) is 2.01. The molecule has 0 atom stereocenters. The molecule has 1 aromatic rings. The van der Waals surface area contributed by atoms with Crippen molar-refractivity contribution < 1.29 is 14.3 Å². The summed E-state index contributed by atoms with van der Waals surface area (Å²) in [6, 6.07) is 5.93. The first-order valence-electron chi connectivity index (χ1n) is 7.44. The van der Waals surface area contributed by atoms with Crippen molar-refractivity contribution in [2.24, 2.45) is 0 Å². The topological polar surface area (TPSA) is 67.4 Å². The Balaban J connectivity index is 2.27. The molecule has 0 radical (unpaired) electrons. The molecule has 2 N–H and O–H groups in total. The van der Waals surface area contributed by atoms with Crippen LogP contribution in [0.25, 0.3) is 0 Å². The Bertz CT molecular complexity index is 513. The van der Waals surface area contributed by atoms with E-state index < -0.39 is 0 Å². The zero-order chi connectivity index (χ0) is 16.8. The molecule has 1 rings (SSSR count). The summed E-state index contributed by atoms with van der Waals surface area (Å²) < 4.78 is 5.56. The van der Waals surface area contributed by atoms with Gasteiger partial charge < -0.3 is 15.4 Å². The lowest BCUT2D eigenvalue weighted by Crippen LogP contribution is -2.45. The minimum absolute atomic E-state index is 0.0142. The van der Waals surface area contributed by atoms with E-state index in [1.807, 2.05) is 46.8 Å². The predicted octanol–water partition coefficient (Wildman–Crippen LogP) is 2.10. The molecule has 0 heterocycles. The van der Waals surface area contributed by atoms with E-state index in [0.29, 0.717) is 0 Å². The molecule has 0 saturated heterocycles. The molecular weight excluding hydrogens is 280 g/mol. The van der Waals surface area contributed by atoms with Crippen LogP contribution in [0.15, 0.2) is 18.2 Å². The first-order chi connectivity index (χ1) is 10.2. The predicted molar refractivity (Wildman–Crippen MR) is 86.9 cm³/mol. The van der Waals surface area contributed by atoms with Gasteiger partial charge in [0.2, 0.25) is 11.8 Å². The fourth-order valence-electron chi connectivity index (χ4n) is 2.01. The van der Waals surface area contributed by atoms with Gasteiger partial charge >= 0.3 is 0 Å². The number of amides is 2. The quantitative estimate of drug-likeness (QED) is 0.846. The van der Waals surface area contributed by atoms with E-state index >= 15 is 0 Å². The van der Waals surface area contributed by atoms with Crippen molar-refractivity contribution in [2.45, 2.75) is 46.6 Å². The monoisotopic (exact) mass is 306 g/mol. The molecule has 0 saturated carbocycles. The van der Waals surface area contributed by atoms with E-state index in [4.69, 9.17) is 4.74 Å². The van der Waals surface area contributed by atoms with Crippen LogP contribution >= 0.6 is 0 Å². The Labute approximate surface area is 132 Å². The van der Waals surface area contributed by atoms with Gasteiger partial charge in [-0.1, -0.05) is 6.07 Å². The molecule has 0 bridgehead atoms. The molecular formula is C17H26N2O3. The highest BCUT2D eigenvalue weighted by Gasteiger charge is 2.14. The van der Waals surface area contributed by atoms with Crippen molar-refractivity contribution in [2.75, 3.05) is 13.2 Å². The van der Waals surface area contributed by atoms with Crippen LogP contribution in [0, 0.1) is 13.8 Å². The second-order valence-corrected chi connectivity index (χ2v) is 6.50. The Morgan fingerprint density at radius 2 is 1.64 bits per heavy atom. The van der Waals surface area contributed by atoms with E-state index in [0.717, 1.165) is 16.9 Å². The number of carbonyl (C=O) groups excluding carboxylic acids is 2. The smallest absolute Gasteiger partial charge is 0.239 e. The number of nitrogens with one attached hydrogen (secondary N) is 2. The largest absolute Gasteiger partial charge is 0.493 e. The highest BCUT2D eigenvalue weighted by molar-refractivity contribution is 5.85. The highest BCUT2D eigenvalue weighted by atomic mass is 16.5. The Hall–Kier alpha value is -2.04. The lowest BCUT2D eigenvalue weighted by Gasteiger charge is -2.20. The summed E-state index contributed by atoms with van der Waals surface area (Å²) >= 11 is 0. The average Bonchev–Trinajstić information content (AvgIpc) is 2.33. The van der Waals surface area contributed by atoms with Crippen molar-refractivity contribution in [1.29, 1.82) is 0 Å². The van der Waals surface area contributed by atoms with Crippen molar-refractivity contribution in [1.82, 2.24) is 10.6 Å². The molecule has 5 heteroatoms. The van der Waals surface area contributed by atoms with Crippen molar-refractivity contribution in [3.63, 3.8) is 0 Å². The van der Waals surface area contributed by atoms with Gasteiger partial charge in [-0.25, -0.2) is 0 Å². The van der Waals surface area contributed by atoms with Gasteiger partial charge in [0, 0.05) is 5.54 Å². The van der Waals surface area contributed by atoms with Gasteiger partial charge in [-0.15, -0.1) is 0 Å². The van der Waals surface area contributed by atoms with Gasteiger partial charge in [-0.3, -0.25) is 9.59 Å². The van der Waals surface area contributed by atoms with Gasteiger partial charge in [0.15, 0.2) is 0 Å². The van der Waals surface area contributed by atoms with Crippen molar-refractivity contribution in [3.8, 4) is 5.75 Å². The summed E-state index contributed by atoms with van der Waals surface area (Å²) in [7, 11) is 0. The zero-order valence-electron chi connectivity index (χ0n) is 14.1. The van der Waals surface area contributed by atoms with Crippen LogP contribution in [0.2, 0.25) is 0 Å². The highest BCUT2D eigenvalue weighted by Crippen LogP contribution is 2.16. The molecule has 0 spiro atoms. The zero-order valence-corrected chi connectivity index (χ0v) is 14.1. The second-order valence-electron chi connectivity index (χ2n) is 6.50. The van der Waals surface area contributed by atoms with E-state index in [2.05, 4.69) is 16.7 Å². The summed E-state index contributed by atoms with van der Waals surface area (Å²) in [5.74, 6) is 0.361.